The molecule has 354 valence electrons. The van der Waals surface area contributed by atoms with Crippen molar-refractivity contribution in [3.8, 4) is 68.8 Å². The Labute approximate surface area is 437 Å². The Hall–Kier alpha value is -10.9. The van der Waals surface area contributed by atoms with E-state index in [1.807, 2.05) is 131 Å². The van der Waals surface area contributed by atoms with Gasteiger partial charge >= 0.3 is 0 Å². The summed E-state index contributed by atoms with van der Waals surface area (Å²) in [5.74, 6) is -1.01. The second-order valence-corrected chi connectivity index (χ2v) is 18.4. The van der Waals surface area contributed by atoms with Gasteiger partial charge in [-0.25, -0.2) is 8.78 Å². The quantitative estimate of drug-likeness (QED) is 0.127. The van der Waals surface area contributed by atoms with Crippen molar-refractivity contribution in [2.75, 3.05) is 9.80 Å². The molecule has 76 heavy (non-hydrogen) atoms. The summed E-state index contributed by atoms with van der Waals surface area (Å²) in [7, 11) is 0. The average Bonchev–Trinajstić information content (AvgIpc) is 3.49. The maximum absolute atomic E-state index is 18.1. The highest BCUT2D eigenvalue weighted by Gasteiger charge is 2.27. The van der Waals surface area contributed by atoms with E-state index in [4.69, 9.17) is 0 Å². The van der Waals surface area contributed by atoms with Crippen molar-refractivity contribution in [1.82, 2.24) is 0 Å². The molecular formula is C68H38F2N6. The fourth-order valence-corrected chi connectivity index (χ4v) is 10.5. The Balaban J connectivity index is 1.12. The van der Waals surface area contributed by atoms with Gasteiger partial charge in [-0.1, -0.05) is 121 Å². The first-order chi connectivity index (χ1) is 37.3. The third-order valence-electron chi connectivity index (χ3n) is 14.0. The van der Waals surface area contributed by atoms with Crippen LogP contribution in [0, 0.1) is 57.0 Å². The van der Waals surface area contributed by atoms with E-state index in [1.54, 1.807) is 84.9 Å². The van der Waals surface area contributed by atoms with Crippen LogP contribution in [0.2, 0.25) is 0 Å². The lowest BCUT2D eigenvalue weighted by molar-refractivity contribution is 0.632. The first-order valence-corrected chi connectivity index (χ1v) is 24.4. The van der Waals surface area contributed by atoms with Crippen LogP contribution in [0.5, 0.6) is 0 Å². The number of hydrogen-bond donors (Lipinski definition) is 0. The van der Waals surface area contributed by atoms with Gasteiger partial charge in [0, 0.05) is 33.3 Å². The number of para-hydroxylation sites is 2. The minimum Gasteiger partial charge on any atom is -0.307 e. The zero-order chi connectivity index (χ0) is 51.9. The summed E-state index contributed by atoms with van der Waals surface area (Å²) in [5, 5.41) is 45.1. The topological polar surface area (TPSA) is 102 Å². The monoisotopic (exact) mass is 976 g/mol. The van der Waals surface area contributed by atoms with Crippen molar-refractivity contribution >= 4 is 66.4 Å². The molecule has 0 heterocycles. The third-order valence-corrected chi connectivity index (χ3v) is 14.0. The van der Waals surface area contributed by atoms with Crippen molar-refractivity contribution in [2.24, 2.45) is 0 Å². The predicted octanol–water partition coefficient (Wildman–Crippen LogP) is 18.0. The molecule has 0 aliphatic heterocycles. The lowest BCUT2D eigenvalue weighted by Crippen LogP contribution is -2.14. The van der Waals surface area contributed by atoms with Gasteiger partial charge in [0.05, 0.1) is 69.3 Å². The number of anilines is 6. The van der Waals surface area contributed by atoms with Crippen molar-refractivity contribution in [3.05, 3.63) is 264 Å². The summed E-state index contributed by atoms with van der Waals surface area (Å²) in [5.41, 5.74) is 9.37. The molecule has 0 atom stereocenters. The molecule has 0 N–H and O–H groups in total. The fraction of sp³-hybridized carbons (Fsp3) is 0. The van der Waals surface area contributed by atoms with Crippen LogP contribution in [0.25, 0.3) is 76.8 Å². The molecular weight excluding hydrogens is 939 g/mol. The summed E-state index contributed by atoms with van der Waals surface area (Å²) in [6.07, 6.45) is 0. The van der Waals surface area contributed by atoms with E-state index in [0.29, 0.717) is 67.3 Å². The second kappa shape index (κ2) is 19.3. The van der Waals surface area contributed by atoms with Gasteiger partial charge in [-0.05, 0) is 164 Å². The maximum atomic E-state index is 18.1. The standard InChI is InChI=1S/C68H38F2N6/c69-67-59(51-17-9-13-45(33-51)41-73)35-53(49-15-7-11-43(31-49)39-71)37-63(67)75(55-19-3-1-4-20-55)61-29-25-47-24-28-58-62(30-26-48-23-27-57(61)65(47)66(48)58)76(56-21-5-2-6-22-56)64-38-54(50-16-8-12-44(32-50)40-72)36-60(68(64)70)52-18-10-14-46(34-52)42-74/h1-38H. The zero-order valence-corrected chi connectivity index (χ0v) is 40.4. The number of rotatable bonds is 10. The number of halogens is 2. The molecule has 0 spiro atoms. The van der Waals surface area contributed by atoms with E-state index in [-0.39, 0.29) is 22.5 Å². The van der Waals surface area contributed by atoms with Crippen LogP contribution >= 0.6 is 0 Å². The molecule has 0 radical (unpaired) electrons. The highest BCUT2D eigenvalue weighted by Crippen LogP contribution is 2.50. The summed E-state index contributed by atoms with van der Waals surface area (Å²) in [6.45, 7) is 0. The van der Waals surface area contributed by atoms with Crippen molar-refractivity contribution in [2.45, 2.75) is 0 Å². The van der Waals surface area contributed by atoms with Crippen LogP contribution in [0.1, 0.15) is 22.3 Å². The Bertz CT molecular complexity index is 4160. The first-order valence-electron chi connectivity index (χ1n) is 24.4. The number of hydrogen-bond acceptors (Lipinski definition) is 6. The lowest BCUT2D eigenvalue weighted by atomic mass is 9.91. The average molecular weight is 977 g/mol. The van der Waals surface area contributed by atoms with Gasteiger partial charge in [-0.3, -0.25) is 0 Å². The Morgan fingerprint density at radius 2 is 0.632 bits per heavy atom. The van der Waals surface area contributed by atoms with Crippen LogP contribution in [-0.4, -0.2) is 0 Å². The molecule has 0 bridgehead atoms. The van der Waals surface area contributed by atoms with E-state index in [2.05, 4.69) is 48.5 Å². The Morgan fingerprint density at radius 3 is 1.00 bits per heavy atom. The Kier molecular flexibility index (Phi) is 11.7. The van der Waals surface area contributed by atoms with Gasteiger partial charge in [-0.15, -0.1) is 0 Å². The molecule has 0 aliphatic carbocycles. The van der Waals surface area contributed by atoms with Crippen LogP contribution in [0.3, 0.4) is 0 Å². The molecule has 6 nitrogen and oxygen atoms in total. The molecule has 0 saturated heterocycles. The van der Waals surface area contributed by atoms with Crippen molar-refractivity contribution < 1.29 is 8.78 Å². The van der Waals surface area contributed by atoms with Crippen molar-refractivity contribution in [3.63, 3.8) is 0 Å². The normalized spacial score (nSPS) is 11.0. The number of nitriles is 4. The largest absolute Gasteiger partial charge is 0.307 e. The van der Waals surface area contributed by atoms with E-state index in [0.717, 1.165) is 43.4 Å². The van der Waals surface area contributed by atoms with Gasteiger partial charge in [0.15, 0.2) is 11.6 Å². The second-order valence-electron chi connectivity index (χ2n) is 18.4. The number of nitrogens with zero attached hydrogens (tertiary/aromatic N) is 6. The molecule has 0 aliphatic rings. The van der Waals surface area contributed by atoms with Gasteiger partial charge in [0.2, 0.25) is 0 Å². The highest BCUT2D eigenvalue weighted by molar-refractivity contribution is 6.28. The summed E-state index contributed by atoms with van der Waals surface area (Å²) < 4.78 is 36.1. The molecule has 0 aromatic heterocycles. The van der Waals surface area contributed by atoms with Gasteiger partial charge in [0.1, 0.15) is 0 Å². The molecule has 0 saturated carbocycles. The zero-order valence-electron chi connectivity index (χ0n) is 40.4. The minimum absolute atomic E-state index is 0.251. The summed E-state index contributed by atoms with van der Waals surface area (Å²) in [4.78, 5) is 3.86. The van der Waals surface area contributed by atoms with E-state index >= 15 is 8.78 Å². The van der Waals surface area contributed by atoms with Crippen molar-refractivity contribution in [1.29, 1.82) is 21.0 Å². The van der Waals surface area contributed by atoms with Gasteiger partial charge in [0.25, 0.3) is 0 Å². The lowest BCUT2D eigenvalue weighted by Gasteiger charge is -2.30. The molecule has 12 aromatic rings. The molecule has 8 heteroatoms. The molecule has 0 fully saturated rings. The van der Waals surface area contributed by atoms with E-state index in [9.17, 15) is 21.0 Å². The minimum atomic E-state index is -0.507. The highest BCUT2D eigenvalue weighted by atomic mass is 19.1. The molecule has 0 unspecified atom stereocenters. The molecule has 0 amide bonds. The predicted molar refractivity (Wildman–Crippen MR) is 300 cm³/mol. The van der Waals surface area contributed by atoms with E-state index in [1.165, 1.54) is 0 Å². The summed E-state index contributed by atoms with van der Waals surface area (Å²) in [6, 6.07) is 79.9. The van der Waals surface area contributed by atoms with E-state index < -0.39 is 11.6 Å². The fourth-order valence-electron chi connectivity index (χ4n) is 10.5. The maximum Gasteiger partial charge on any atom is 0.155 e. The van der Waals surface area contributed by atoms with Crippen LogP contribution < -0.4 is 9.80 Å². The van der Waals surface area contributed by atoms with Gasteiger partial charge < -0.3 is 9.80 Å². The SMILES string of the molecule is N#Cc1cccc(-c2cc(-c3cccc(C#N)c3)c(F)c(N(c3ccccc3)c3ccc4ccc5c(N(c6ccccc6)c6cc(-c7cccc(C#N)c7)cc(-c7cccc(C#N)c7)c6F)ccc6ccc3c4c65)c2)c1. The smallest absolute Gasteiger partial charge is 0.155 e. The van der Waals surface area contributed by atoms with Crippen LogP contribution in [0.4, 0.5) is 42.9 Å². The number of benzene rings is 12. The third kappa shape index (κ3) is 8.12. The first kappa shape index (κ1) is 46.2. The van der Waals surface area contributed by atoms with Crippen LogP contribution in [0.15, 0.2) is 231 Å². The molecule has 12 aromatic carbocycles. The van der Waals surface area contributed by atoms with Crippen LogP contribution in [-0.2, 0) is 0 Å². The summed E-state index contributed by atoms with van der Waals surface area (Å²) >= 11 is 0. The van der Waals surface area contributed by atoms with Gasteiger partial charge in [-0.2, -0.15) is 21.0 Å². The molecule has 12 rings (SSSR count). The Morgan fingerprint density at radius 1 is 0.289 bits per heavy atom.